The molecule has 0 aliphatic carbocycles. The third kappa shape index (κ3) is 3.49. The molecule has 0 spiro atoms. The monoisotopic (exact) mass is 246 g/mol. The van der Waals surface area contributed by atoms with Gasteiger partial charge in [-0.2, -0.15) is 0 Å². The summed E-state index contributed by atoms with van der Waals surface area (Å²) in [4.78, 5) is 2.59. The second-order valence-electron chi connectivity index (χ2n) is 5.36. The fourth-order valence-corrected chi connectivity index (χ4v) is 2.72. The third-order valence-electron chi connectivity index (χ3n) is 3.78. The zero-order chi connectivity index (χ0) is 12.8. The molecule has 1 aliphatic heterocycles. The highest BCUT2D eigenvalue weighted by Gasteiger charge is 2.14. The summed E-state index contributed by atoms with van der Waals surface area (Å²) >= 11 is 0. The average molecular weight is 246 g/mol. The predicted octanol–water partition coefficient (Wildman–Crippen LogP) is 3.22. The lowest BCUT2D eigenvalue weighted by atomic mass is 10.1. The lowest BCUT2D eigenvalue weighted by Gasteiger charge is -2.31. The highest BCUT2D eigenvalue weighted by molar-refractivity contribution is 5.53. The Bertz CT molecular complexity index is 362. The SMILES string of the molecule is CCCc1ccccc1N1CCCNC(C)CC1. The molecule has 1 saturated heterocycles. The molecule has 2 rings (SSSR count). The number of nitrogens with one attached hydrogen (secondary N) is 1. The number of hydrogen-bond donors (Lipinski definition) is 1. The largest absolute Gasteiger partial charge is 0.371 e. The Labute approximate surface area is 111 Å². The van der Waals surface area contributed by atoms with Gasteiger partial charge in [-0.15, -0.1) is 0 Å². The van der Waals surface area contributed by atoms with E-state index in [2.05, 4.69) is 48.3 Å². The van der Waals surface area contributed by atoms with Crippen molar-refractivity contribution in [2.45, 2.75) is 45.6 Å². The maximum atomic E-state index is 3.57. The van der Waals surface area contributed by atoms with Crippen molar-refractivity contribution in [3.63, 3.8) is 0 Å². The molecule has 2 heteroatoms. The molecule has 1 aromatic carbocycles. The van der Waals surface area contributed by atoms with Crippen molar-refractivity contribution in [3.8, 4) is 0 Å². The van der Waals surface area contributed by atoms with E-state index in [4.69, 9.17) is 0 Å². The van der Waals surface area contributed by atoms with Crippen LogP contribution in [0.5, 0.6) is 0 Å². The van der Waals surface area contributed by atoms with Gasteiger partial charge in [0.25, 0.3) is 0 Å². The first kappa shape index (κ1) is 13.4. The van der Waals surface area contributed by atoms with Crippen LogP contribution in [0.1, 0.15) is 38.7 Å². The van der Waals surface area contributed by atoms with E-state index in [-0.39, 0.29) is 0 Å². The quantitative estimate of drug-likeness (QED) is 0.881. The molecule has 0 saturated carbocycles. The fraction of sp³-hybridized carbons (Fsp3) is 0.625. The normalized spacial score (nSPS) is 21.4. The molecule has 2 nitrogen and oxygen atoms in total. The lowest BCUT2D eigenvalue weighted by molar-refractivity contribution is 0.474. The molecule has 1 fully saturated rings. The molecule has 1 heterocycles. The number of nitrogens with zero attached hydrogens (tertiary/aromatic N) is 1. The third-order valence-corrected chi connectivity index (χ3v) is 3.78. The molecule has 1 atom stereocenters. The molecule has 0 amide bonds. The van der Waals surface area contributed by atoms with Crippen molar-refractivity contribution >= 4 is 5.69 Å². The van der Waals surface area contributed by atoms with Crippen molar-refractivity contribution in [2.24, 2.45) is 0 Å². The average Bonchev–Trinajstić information content (AvgIpc) is 2.36. The van der Waals surface area contributed by atoms with Gasteiger partial charge in [0.15, 0.2) is 0 Å². The Hall–Kier alpha value is -1.02. The smallest absolute Gasteiger partial charge is 0.0398 e. The van der Waals surface area contributed by atoms with E-state index in [9.17, 15) is 0 Å². The van der Waals surface area contributed by atoms with E-state index in [1.807, 2.05) is 0 Å². The molecular formula is C16H26N2. The van der Waals surface area contributed by atoms with Crippen LogP contribution in [0.4, 0.5) is 5.69 Å². The minimum absolute atomic E-state index is 0.645. The van der Waals surface area contributed by atoms with Crippen LogP contribution in [-0.4, -0.2) is 25.7 Å². The molecule has 100 valence electrons. The fourth-order valence-electron chi connectivity index (χ4n) is 2.72. The minimum Gasteiger partial charge on any atom is -0.371 e. The van der Waals surface area contributed by atoms with Gasteiger partial charge in [-0.1, -0.05) is 31.5 Å². The number of aryl methyl sites for hydroxylation is 1. The van der Waals surface area contributed by atoms with Gasteiger partial charge in [0.1, 0.15) is 0 Å². The van der Waals surface area contributed by atoms with Crippen LogP contribution in [0.2, 0.25) is 0 Å². The minimum atomic E-state index is 0.645. The highest BCUT2D eigenvalue weighted by atomic mass is 15.1. The lowest BCUT2D eigenvalue weighted by Crippen LogP contribution is -2.38. The number of anilines is 1. The van der Waals surface area contributed by atoms with Crippen LogP contribution in [-0.2, 0) is 6.42 Å². The Kier molecular flexibility index (Phi) is 5.06. The second-order valence-corrected chi connectivity index (χ2v) is 5.36. The zero-order valence-corrected chi connectivity index (χ0v) is 11.8. The summed E-state index contributed by atoms with van der Waals surface area (Å²) in [6, 6.07) is 9.58. The summed E-state index contributed by atoms with van der Waals surface area (Å²) in [6.07, 6.45) is 4.90. The number of hydrogen-bond acceptors (Lipinski definition) is 2. The van der Waals surface area contributed by atoms with Crippen LogP contribution in [0.3, 0.4) is 0 Å². The van der Waals surface area contributed by atoms with E-state index < -0.39 is 0 Å². The summed E-state index contributed by atoms with van der Waals surface area (Å²) in [5.74, 6) is 0. The molecule has 0 bridgehead atoms. The van der Waals surface area contributed by atoms with Gasteiger partial charge in [0, 0.05) is 24.8 Å². The molecule has 0 radical (unpaired) electrons. The second kappa shape index (κ2) is 6.79. The number of rotatable bonds is 3. The van der Waals surface area contributed by atoms with E-state index >= 15 is 0 Å². The van der Waals surface area contributed by atoms with E-state index in [0.717, 1.165) is 6.54 Å². The van der Waals surface area contributed by atoms with Crippen molar-refractivity contribution < 1.29 is 0 Å². The number of para-hydroxylation sites is 1. The van der Waals surface area contributed by atoms with Crippen LogP contribution in [0.25, 0.3) is 0 Å². The Morgan fingerprint density at radius 2 is 2.11 bits per heavy atom. The van der Waals surface area contributed by atoms with E-state index in [1.54, 1.807) is 0 Å². The Morgan fingerprint density at radius 3 is 2.94 bits per heavy atom. The Morgan fingerprint density at radius 1 is 1.28 bits per heavy atom. The molecule has 1 unspecified atom stereocenters. The maximum absolute atomic E-state index is 3.57. The molecule has 1 aliphatic rings. The summed E-state index contributed by atoms with van der Waals surface area (Å²) in [5, 5.41) is 3.57. The van der Waals surface area contributed by atoms with E-state index in [1.165, 1.54) is 50.0 Å². The van der Waals surface area contributed by atoms with Gasteiger partial charge in [-0.25, -0.2) is 0 Å². The van der Waals surface area contributed by atoms with Gasteiger partial charge in [-0.3, -0.25) is 0 Å². The summed E-state index contributed by atoms with van der Waals surface area (Å²) in [6.45, 7) is 8.06. The Balaban J connectivity index is 2.12. The first-order chi connectivity index (χ1) is 8.81. The summed E-state index contributed by atoms with van der Waals surface area (Å²) in [7, 11) is 0. The highest BCUT2D eigenvalue weighted by Crippen LogP contribution is 2.23. The van der Waals surface area contributed by atoms with Gasteiger partial charge < -0.3 is 10.2 Å². The van der Waals surface area contributed by atoms with Crippen molar-refractivity contribution in [3.05, 3.63) is 29.8 Å². The van der Waals surface area contributed by atoms with Crippen LogP contribution in [0.15, 0.2) is 24.3 Å². The van der Waals surface area contributed by atoms with Crippen molar-refractivity contribution in [1.29, 1.82) is 0 Å². The first-order valence-corrected chi connectivity index (χ1v) is 7.37. The van der Waals surface area contributed by atoms with Gasteiger partial charge in [-0.05, 0) is 44.4 Å². The summed E-state index contributed by atoms with van der Waals surface area (Å²) in [5.41, 5.74) is 2.98. The van der Waals surface area contributed by atoms with Crippen LogP contribution >= 0.6 is 0 Å². The predicted molar refractivity (Wildman–Crippen MR) is 79.3 cm³/mol. The van der Waals surface area contributed by atoms with E-state index in [0.29, 0.717) is 6.04 Å². The van der Waals surface area contributed by atoms with Crippen LogP contribution < -0.4 is 10.2 Å². The zero-order valence-electron chi connectivity index (χ0n) is 11.8. The van der Waals surface area contributed by atoms with Crippen LogP contribution in [0, 0.1) is 0 Å². The molecule has 18 heavy (non-hydrogen) atoms. The van der Waals surface area contributed by atoms with Gasteiger partial charge in [0.05, 0.1) is 0 Å². The standard InChI is InChI=1S/C16H26N2/c1-3-7-15-8-4-5-9-16(15)18-12-6-11-17-14(2)10-13-18/h4-5,8-9,14,17H,3,6-7,10-13H2,1-2H3. The number of benzene rings is 1. The molecule has 0 aromatic heterocycles. The van der Waals surface area contributed by atoms with Gasteiger partial charge in [0.2, 0.25) is 0 Å². The molecular weight excluding hydrogens is 220 g/mol. The topological polar surface area (TPSA) is 15.3 Å². The maximum Gasteiger partial charge on any atom is 0.0398 e. The summed E-state index contributed by atoms with van der Waals surface area (Å²) < 4.78 is 0. The molecule has 1 aromatic rings. The van der Waals surface area contributed by atoms with Crippen molar-refractivity contribution in [2.75, 3.05) is 24.5 Å². The van der Waals surface area contributed by atoms with Crippen molar-refractivity contribution in [1.82, 2.24) is 5.32 Å². The molecule has 1 N–H and O–H groups in total. The van der Waals surface area contributed by atoms with Gasteiger partial charge >= 0.3 is 0 Å². The first-order valence-electron chi connectivity index (χ1n) is 7.37.